The van der Waals surface area contributed by atoms with E-state index in [2.05, 4.69) is 5.32 Å². The Hall–Kier alpha value is -3.39. The van der Waals surface area contributed by atoms with Gasteiger partial charge in [0.15, 0.2) is 0 Å². The molecule has 0 radical (unpaired) electrons. The maximum absolute atomic E-state index is 13.1. The zero-order chi connectivity index (χ0) is 20.6. The molecule has 0 atom stereocenters. The number of para-hydroxylation sites is 1. The van der Waals surface area contributed by atoms with Crippen LogP contribution in [0, 0.1) is 5.82 Å². The largest absolute Gasteiger partial charge is 0.508 e. The van der Waals surface area contributed by atoms with Crippen molar-refractivity contribution >= 4 is 27.3 Å². The second-order valence-electron chi connectivity index (χ2n) is 6.60. The van der Waals surface area contributed by atoms with Gasteiger partial charge in [-0.15, -0.1) is 0 Å². The maximum Gasteiger partial charge on any atom is 0.264 e. The minimum Gasteiger partial charge on any atom is -0.508 e. The van der Waals surface area contributed by atoms with Crippen LogP contribution in [0.5, 0.6) is 5.75 Å². The molecule has 148 valence electrons. The summed E-state index contributed by atoms with van der Waals surface area (Å²) in [7, 11) is -3.88. The number of phenolic OH excluding ortho intramolecular Hbond substituents is 1. The summed E-state index contributed by atoms with van der Waals surface area (Å²) >= 11 is 0. The third-order valence-electron chi connectivity index (χ3n) is 4.73. The van der Waals surface area contributed by atoms with Gasteiger partial charge >= 0.3 is 0 Å². The molecule has 0 aromatic heterocycles. The number of fused-ring (bicyclic) bond motifs is 1. The number of halogens is 1. The Labute approximate surface area is 167 Å². The molecule has 0 saturated carbocycles. The number of hydrogen-bond acceptors (Lipinski definition) is 4. The molecule has 1 heterocycles. The molecule has 1 aliphatic heterocycles. The molecule has 1 amide bonds. The SMILES string of the molecule is O=C(Nc1cccc2c1N(S(=O)(=O)c1ccc(O)cc1)CC2)c1ccc(F)cc1. The third-order valence-corrected chi connectivity index (χ3v) is 6.55. The molecule has 29 heavy (non-hydrogen) atoms. The van der Waals surface area contributed by atoms with Crippen molar-refractivity contribution in [1.29, 1.82) is 0 Å². The number of nitrogens with zero attached hydrogens (tertiary/aromatic N) is 1. The van der Waals surface area contributed by atoms with E-state index in [1.165, 1.54) is 52.8 Å². The maximum atomic E-state index is 13.1. The Morgan fingerprint density at radius 1 is 1.00 bits per heavy atom. The highest BCUT2D eigenvalue weighted by Gasteiger charge is 2.33. The first-order chi connectivity index (χ1) is 13.9. The van der Waals surface area contributed by atoms with Crippen molar-refractivity contribution in [2.75, 3.05) is 16.2 Å². The summed E-state index contributed by atoms with van der Waals surface area (Å²) in [5.74, 6) is -0.946. The average Bonchev–Trinajstić information content (AvgIpc) is 3.15. The van der Waals surface area contributed by atoms with Gasteiger partial charge in [-0.05, 0) is 66.6 Å². The molecule has 3 aromatic carbocycles. The average molecular weight is 412 g/mol. The minimum atomic E-state index is -3.88. The quantitative estimate of drug-likeness (QED) is 0.686. The Morgan fingerprint density at radius 3 is 2.38 bits per heavy atom. The molecule has 0 spiro atoms. The lowest BCUT2D eigenvalue weighted by Gasteiger charge is -2.22. The van der Waals surface area contributed by atoms with Crippen LogP contribution in [0.4, 0.5) is 15.8 Å². The van der Waals surface area contributed by atoms with Crippen molar-refractivity contribution in [1.82, 2.24) is 0 Å². The van der Waals surface area contributed by atoms with Gasteiger partial charge in [0.1, 0.15) is 11.6 Å². The number of anilines is 2. The number of amides is 1. The van der Waals surface area contributed by atoms with E-state index in [0.29, 0.717) is 17.8 Å². The number of hydrogen-bond donors (Lipinski definition) is 2. The molecule has 6 nitrogen and oxygen atoms in total. The van der Waals surface area contributed by atoms with Gasteiger partial charge in [0, 0.05) is 12.1 Å². The van der Waals surface area contributed by atoms with Crippen LogP contribution in [0.3, 0.4) is 0 Å². The van der Waals surface area contributed by atoms with Crippen LogP contribution >= 0.6 is 0 Å². The van der Waals surface area contributed by atoms with Gasteiger partial charge in [0.2, 0.25) is 0 Å². The van der Waals surface area contributed by atoms with Crippen molar-refractivity contribution in [3.8, 4) is 5.75 Å². The Bertz CT molecular complexity index is 1180. The molecule has 0 fully saturated rings. The van der Waals surface area contributed by atoms with Crippen molar-refractivity contribution in [3.63, 3.8) is 0 Å². The molecule has 0 saturated heterocycles. The predicted octanol–water partition coefficient (Wildman–Crippen LogP) is 3.54. The second kappa shape index (κ2) is 7.21. The fraction of sp³-hybridized carbons (Fsp3) is 0.0952. The van der Waals surface area contributed by atoms with Gasteiger partial charge in [0.05, 0.1) is 16.3 Å². The highest BCUT2D eigenvalue weighted by Crippen LogP contribution is 2.39. The third kappa shape index (κ3) is 3.54. The van der Waals surface area contributed by atoms with Crippen LogP contribution in [-0.2, 0) is 16.4 Å². The first kappa shape index (κ1) is 18.9. The van der Waals surface area contributed by atoms with E-state index < -0.39 is 21.7 Å². The fourth-order valence-electron chi connectivity index (χ4n) is 3.30. The lowest BCUT2D eigenvalue weighted by Crippen LogP contribution is -2.30. The van der Waals surface area contributed by atoms with Gasteiger partial charge in [-0.2, -0.15) is 0 Å². The van der Waals surface area contributed by atoms with Gasteiger partial charge < -0.3 is 10.4 Å². The summed E-state index contributed by atoms with van der Waals surface area (Å²) in [5.41, 5.74) is 1.83. The summed E-state index contributed by atoms with van der Waals surface area (Å²) in [6.45, 7) is 0.238. The Balaban J connectivity index is 1.70. The topological polar surface area (TPSA) is 86.7 Å². The van der Waals surface area contributed by atoms with Crippen LogP contribution in [0.2, 0.25) is 0 Å². The van der Waals surface area contributed by atoms with Crippen molar-refractivity contribution in [3.05, 3.63) is 83.7 Å². The summed E-state index contributed by atoms with van der Waals surface area (Å²) in [5, 5.41) is 12.2. The van der Waals surface area contributed by atoms with Gasteiger partial charge in [-0.1, -0.05) is 12.1 Å². The standard InChI is InChI=1S/C21H17FN2O4S/c22-16-6-4-15(5-7-16)21(26)23-19-3-1-2-14-12-13-24(20(14)19)29(27,28)18-10-8-17(25)9-11-18/h1-11,25H,12-13H2,(H,23,26). The van der Waals surface area contributed by atoms with Gasteiger partial charge in [0.25, 0.3) is 15.9 Å². The molecular weight excluding hydrogens is 395 g/mol. The monoisotopic (exact) mass is 412 g/mol. The molecule has 2 N–H and O–H groups in total. The molecular formula is C21H17FN2O4S. The number of carbonyl (C=O) groups is 1. The summed E-state index contributed by atoms with van der Waals surface area (Å²) in [4.78, 5) is 12.6. The van der Waals surface area contributed by atoms with E-state index in [9.17, 15) is 22.7 Å². The lowest BCUT2D eigenvalue weighted by molar-refractivity contribution is 0.102. The van der Waals surface area contributed by atoms with E-state index in [1.54, 1.807) is 12.1 Å². The van der Waals surface area contributed by atoms with Gasteiger partial charge in [-0.3, -0.25) is 9.10 Å². The number of rotatable bonds is 4. The molecule has 0 bridgehead atoms. The minimum absolute atomic E-state index is 0.0296. The van der Waals surface area contributed by atoms with Crippen LogP contribution in [0.15, 0.2) is 71.6 Å². The summed E-state index contributed by atoms with van der Waals surface area (Å²) in [6, 6.07) is 15.6. The molecule has 4 rings (SSSR count). The normalized spacial score (nSPS) is 13.2. The Kier molecular flexibility index (Phi) is 4.71. The van der Waals surface area contributed by atoms with Crippen molar-refractivity contribution < 1.29 is 22.7 Å². The number of aromatic hydroxyl groups is 1. The highest BCUT2D eigenvalue weighted by molar-refractivity contribution is 7.92. The van der Waals surface area contributed by atoms with Crippen LogP contribution in [-0.4, -0.2) is 26.0 Å². The summed E-state index contributed by atoms with van der Waals surface area (Å²) in [6.07, 6.45) is 0.507. The zero-order valence-electron chi connectivity index (χ0n) is 15.2. The predicted molar refractivity (Wildman–Crippen MR) is 107 cm³/mol. The zero-order valence-corrected chi connectivity index (χ0v) is 16.0. The number of phenols is 1. The van der Waals surface area contributed by atoms with Crippen molar-refractivity contribution in [2.45, 2.75) is 11.3 Å². The fourth-order valence-corrected chi connectivity index (χ4v) is 4.83. The smallest absolute Gasteiger partial charge is 0.264 e. The van der Waals surface area contributed by atoms with Gasteiger partial charge in [-0.25, -0.2) is 12.8 Å². The molecule has 8 heteroatoms. The van der Waals surface area contributed by atoms with E-state index in [0.717, 1.165) is 5.56 Å². The number of nitrogens with one attached hydrogen (secondary N) is 1. The lowest BCUT2D eigenvalue weighted by atomic mass is 10.1. The highest BCUT2D eigenvalue weighted by atomic mass is 32.2. The molecule has 1 aliphatic rings. The number of carbonyl (C=O) groups excluding carboxylic acids is 1. The summed E-state index contributed by atoms with van der Waals surface area (Å²) < 4.78 is 40.7. The van der Waals surface area contributed by atoms with E-state index in [4.69, 9.17) is 0 Å². The van der Waals surface area contributed by atoms with Crippen LogP contribution in [0.25, 0.3) is 0 Å². The van der Waals surface area contributed by atoms with Crippen molar-refractivity contribution in [2.24, 2.45) is 0 Å². The van der Waals surface area contributed by atoms with Crippen LogP contribution < -0.4 is 9.62 Å². The van der Waals surface area contributed by atoms with Crippen LogP contribution in [0.1, 0.15) is 15.9 Å². The number of benzene rings is 3. The first-order valence-corrected chi connectivity index (χ1v) is 10.3. The van der Waals surface area contributed by atoms with E-state index in [-0.39, 0.29) is 22.8 Å². The second-order valence-corrected chi connectivity index (χ2v) is 8.46. The number of sulfonamides is 1. The van der Waals surface area contributed by atoms with E-state index >= 15 is 0 Å². The Morgan fingerprint density at radius 2 is 1.69 bits per heavy atom. The first-order valence-electron chi connectivity index (χ1n) is 8.87. The molecule has 3 aromatic rings. The van der Waals surface area contributed by atoms with E-state index in [1.807, 2.05) is 6.07 Å². The molecule has 0 unspecified atom stereocenters. The molecule has 0 aliphatic carbocycles.